The molecule has 4 aromatic rings. The van der Waals surface area contributed by atoms with Gasteiger partial charge in [0.25, 0.3) is 0 Å². The summed E-state index contributed by atoms with van der Waals surface area (Å²) in [5.41, 5.74) is 1.76. The molecular formula is C22H20N4O. The smallest absolute Gasteiger partial charge is 0.153 e. The van der Waals surface area contributed by atoms with Gasteiger partial charge in [0.2, 0.25) is 0 Å². The fourth-order valence-corrected chi connectivity index (χ4v) is 3.55. The summed E-state index contributed by atoms with van der Waals surface area (Å²) in [7, 11) is 0. The van der Waals surface area contributed by atoms with Gasteiger partial charge in [-0.25, -0.2) is 9.97 Å². The van der Waals surface area contributed by atoms with Gasteiger partial charge < -0.3 is 14.2 Å². The van der Waals surface area contributed by atoms with Crippen molar-refractivity contribution in [2.45, 2.75) is 0 Å². The molecule has 134 valence electrons. The van der Waals surface area contributed by atoms with Gasteiger partial charge in [-0.3, -0.25) is 0 Å². The normalized spacial score (nSPS) is 14.7. The van der Waals surface area contributed by atoms with E-state index < -0.39 is 0 Å². The quantitative estimate of drug-likeness (QED) is 0.550. The number of benzene rings is 1. The van der Waals surface area contributed by atoms with Crippen molar-refractivity contribution in [3.8, 4) is 11.5 Å². The number of furan rings is 1. The second-order valence-corrected chi connectivity index (χ2v) is 6.69. The number of pyridine rings is 2. The molecule has 0 unspecified atom stereocenters. The average Bonchev–Trinajstić information content (AvgIpc) is 3.19. The Kier molecular flexibility index (Phi) is 3.98. The molecule has 0 saturated carbocycles. The van der Waals surface area contributed by atoms with Crippen molar-refractivity contribution < 1.29 is 4.42 Å². The van der Waals surface area contributed by atoms with Gasteiger partial charge in [0, 0.05) is 37.8 Å². The molecule has 0 N–H and O–H groups in total. The predicted octanol–water partition coefficient (Wildman–Crippen LogP) is 4.22. The van der Waals surface area contributed by atoms with Crippen molar-refractivity contribution in [1.82, 2.24) is 9.97 Å². The summed E-state index contributed by atoms with van der Waals surface area (Å²) < 4.78 is 5.97. The monoisotopic (exact) mass is 356 g/mol. The molecule has 1 fully saturated rings. The van der Waals surface area contributed by atoms with Crippen molar-refractivity contribution in [1.29, 1.82) is 0 Å². The summed E-state index contributed by atoms with van der Waals surface area (Å²) >= 11 is 0. The zero-order valence-corrected chi connectivity index (χ0v) is 15.0. The number of anilines is 2. The van der Waals surface area contributed by atoms with Gasteiger partial charge >= 0.3 is 0 Å². The van der Waals surface area contributed by atoms with Crippen molar-refractivity contribution in [2.24, 2.45) is 0 Å². The molecule has 5 rings (SSSR count). The Morgan fingerprint density at radius 3 is 2.26 bits per heavy atom. The molecule has 27 heavy (non-hydrogen) atoms. The Labute approximate surface area is 157 Å². The lowest BCUT2D eigenvalue weighted by molar-refractivity contribution is 0.625. The first-order valence-corrected chi connectivity index (χ1v) is 9.24. The lowest BCUT2D eigenvalue weighted by atomic mass is 10.2. The third kappa shape index (κ3) is 3.12. The molecule has 0 aliphatic carbocycles. The Morgan fingerprint density at radius 2 is 1.48 bits per heavy atom. The van der Waals surface area contributed by atoms with Crippen LogP contribution < -0.4 is 9.80 Å². The van der Waals surface area contributed by atoms with E-state index in [2.05, 4.69) is 45.1 Å². The first kappa shape index (κ1) is 15.9. The number of hydrogen-bond donors (Lipinski definition) is 0. The minimum atomic E-state index is 0.810. The topological polar surface area (TPSA) is 45.4 Å². The van der Waals surface area contributed by atoms with Crippen molar-refractivity contribution in [3.05, 3.63) is 72.9 Å². The van der Waals surface area contributed by atoms with E-state index in [1.807, 2.05) is 42.6 Å². The van der Waals surface area contributed by atoms with E-state index in [0.717, 1.165) is 60.2 Å². The Balaban J connectivity index is 1.35. The van der Waals surface area contributed by atoms with Gasteiger partial charge in [0.05, 0.1) is 0 Å². The van der Waals surface area contributed by atoms with Gasteiger partial charge in [0.15, 0.2) is 5.76 Å². The van der Waals surface area contributed by atoms with Crippen LogP contribution in [0.25, 0.3) is 22.4 Å². The second-order valence-electron chi connectivity index (χ2n) is 6.69. The molecule has 0 radical (unpaired) electrons. The number of aromatic nitrogens is 2. The van der Waals surface area contributed by atoms with Crippen LogP contribution in [0.2, 0.25) is 0 Å². The molecule has 0 spiro atoms. The minimum Gasteiger partial charge on any atom is -0.454 e. The number of fused-ring (bicyclic) bond motifs is 1. The number of nitrogens with zero attached hydrogens (tertiary/aromatic N) is 4. The highest BCUT2D eigenvalue weighted by Gasteiger charge is 2.19. The van der Waals surface area contributed by atoms with Crippen LogP contribution in [0.1, 0.15) is 0 Å². The average molecular weight is 356 g/mol. The maximum atomic E-state index is 5.97. The van der Waals surface area contributed by atoms with E-state index in [1.54, 1.807) is 0 Å². The summed E-state index contributed by atoms with van der Waals surface area (Å²) in [6.45, 7) is 3.72. The maximum Gasteiger partial charge on any atom is 0.153 e. The standard InChI is InChI=1S/C22H20N4O/c1-2-8-19-17(6-1)16-20(27-19)18-7-5-10-22(24-18)26-14-12-25(13-15-26)21-9-3-4-11-23-21/h1-11,16H,12-15H2. The number of para-hydroxylation sites is 1. The Bertz CT molecular complexity index is 1020. The van der Waals surface area contributed by atoms with Gasteiger partial charge in [-0.05, 0) is 36.4 Å². The molecular weight excluding hydrogens is 336 g/mol. The molecule has 1 saturated heterocycles. The number of hydrogen-bond acceptors (Lipinski definition) is 5. The van der Waals surface area contributed by atoms with E-state index in [0.29, 0.717) is 0 Å². The molecule has 3 aromatic heterocycles. The molecule has 1 aromatic carbocycles. The van der Waals surface area contributed by atoms with Crippen LogP contribution in [0.3, 0.4) is 0 Å². The molecule has 1 aliphatic rings. The minimum absolute atomic E-state index is 0.810. The lowest BCUT2D eigenvalue weighted by Crippen LogP contribution is -2.47. The van der Waals surface area contributed by atoms with Crippen LogP contribution in [-0.4, -0.2) is 36.1 Å². The van der Waals surface area contributed by atoms with Crippen molar-refractivity contribution >= 4 is 22.6 Å². The highest BCUT2D eigenvalue weighted by molar-refractivity contribution is 5.82. The van der Waals surface area contributed by atoms with Crippen molar-refractivity contribution in [3.63, 3.8) is 0 Å². The zero-order valence-electron chi connectivity index (χ0n) is 15.0. The van der Waals surface area contributed by atoms with Crippen LogP contribution in [0.4, 0.5) is 11.6 Å². The fourth-order valence-electron chi connectivity index (χ4n) is 3.55. The highest BCUT2D eigenvalue weighted by Crippen LogP contribution is 2.28. The first-order valence-electron chi connectivity index (χ1n) is 9.24. The Hall–Kier alpha value is -3.34. The van der Waals surface area contributed by atoms with Crippen LogP contribution >= 0.6 is 0 Å². The van der Waals surface area contributed by atoms with Crippen LogP contribution in [0.15, 0.2) is 77.3 Å². The van der Waals surface area contributed by atoms with Crippen molar-refractivity contribution in [2.75, 3.05) is 36.0 Å². The zero-order chi connectivity index (χ0) is 18.1. The first-order chi connectivity index (χ1) is 13.4. The number of piperazine rings is 1. The predicted molar refractivity (Wildman–Crippen MR) is 108 cm³/mol. The third-order valence-electron chi connectivity index (χ3n) is 4.99. The van der Waals surface area contributed by atoms with E-state index in [9.17, 15) is 0 Å². The summed E-state index contributed by atoms with van der Waals surface area (Å²) in [5, 5.41) is 1.10. The SMILES string of the molecule is c1ccc(N2CCN(c3cccc(-c4cc5ccccc5o4)n3)CC2)nc1. The van der Waals surface area contributed by atoms with E-state index in [4.69, 9.17) is 9.40 Å². The fraction of sp³-hybridized carbons (Fsp3) is 0.182. The van der Waals surface area contributed by atoms with E-state index >= 15 is 0 Å². The highest BCUT2D eigenvalue weighted by atomic mass is 16.3. The summed E-state index contributed by atoms with van der Waals surface area (Å²) in [6.07, 6.45) is 1.85. The largest absolute Gasteiger partial charge is 0.454 e. The molecule has 0 bridgehead atoms. The molecule has 4 heterocycles. The molecule has 1 aliphatic heterocycles. The molecule has 0 amide bonds. The number of rotatable bonds is 3. The summed E-state index contributed by atoms with van der Waals surface area (Å²) in [4.78, 5) is 14.0. The Morgan fingerprint density at radius 1 is 0.741 bits per heavy atom. The van der Waals surface area contributed by atoms with Gasteiger partial charge in [-0.1, -0.05) is 30.3 Å². The van der Waals surface area contributed by atoms with E-state index in [-0.39, 0.29) is 0 Å². The summed E-state index contributed by atoms with van der Waals surface area (Å²) in [6, 6.07) is 22.3. The van der Waals surface area contributed by atoms with Crippen LogP contribution in [-0.2, 0) is 0 Å². The summed E-state index contributed by atoms with van der Waals surface area (Å²) in [5.74, 6) is 2.85. The van der Waals surface area contributed by atoms with Gasteiger partial charge in [-0.15, -0.1) is 0 Å². The second kappa shape index (κ2) is 6.76. The van der Waals surface area contributed by atoms with Gasteiger partial charge in [-0.2, -0.15) is 0 Å². The van der Waals surface area contributed by atoms with Crippen LogP contribution in [0.5, 0.6) is 0 Å². The van der Waals surface area contributed by atoms with E-state index in [1.165, 1.54) is 0 Å². The third-order valence-corrected chi connectivity index (χ3v) is 4.99. The molecule has 0 atom stereocenters. The van der Waals surface area contributed by atoms with Crippen LogP contribution in [0, 0.1) is 0 Å². The molecule has 5 heteroatoms. The van der Waals surface area contributed by atoms with Gasteiger partial charge in [0.1, 0.15) is 22.9 Å². The maximum absolute atomic E-state index is 5.97. The molecule has 5 nitrogen and oxygen atoms in total. The lowest BCUT2D eigenvalue weighted by Gasteiger charge is -2.36.